The Bertz CT molecular complexity index is 777. The highest BCUT2D eigenvalue weighted by atomic mass is 32.2. The Labute approximate surface area is 129 Å². The van der Waals surface area contributed by atoms with Crippen LogP contribution >= 0.6 is 7.59 Å². The third-order valence-electron chi connectivity index (χ3n) is 1.52. The molecule has 146 valence electrons. The maximum absolute atomic E-state index is 12.1. The third kappa shape index (κ3) is 6.08. The van der Waals surface area contributed by atoms with Crippen molar-refractivity contribution in [2.75, 3.05) is 6.01 Å². The first kappa shape index (κ1) is 23.5. The van der Waals surface area contributed by atoms with E-state index in [2.05, 4.69) is 0 Å². The standard InChI is InChI=1S/C3H5F7N3O7PS3/c4-1-22(15,16)11-21(14,12-23(17,18)2(5,6)7)13-24(19,20)3(8,9)10/h1H2,(H3,11,12,13,14). The minimum atomic E-state index is -6.81. The lowest BCUT2D eigenvalue weighted by molar-refractivity contribution is -0.0443. The quantitative estimate of drug-likeness (QED) is 0.355. The van der Waals surface area contributed by atoms with Crippen LogP contribution in [0.5, 0.6) is 0 Å². The van der Waals surface area contributed by atoms with Crippen molar-refractivity contribution in [1.82, 2.24) is 13.5 Å². The number of nitrogens with one attached hydrogen (secondary N) is 3. The van der Waals surface area contributed by atoms with Gasteiger partial charge in [0.05, 0.1) is 0 Å². The van der Waals surface area contributed by atoms with Crippen molar-refractivity contribution in [2.45, 2.75) is 11.0 Å². The van der Waals surface area contributed by atoms with E-state index < -0.39 is 54.7 Å². The van der Waals surface area contributed by atoms with Gasteiger partial charge in [0.15, 0.2) is 0 Å². The lowest BCUT2D eigenvalue weighted by atomic mass is 11.6. The van der Waals surface area contributed by atoms with Crippen LogP contribution in [-0.4, -0.2) is 42.3 Å². The fourth-order valence-corrected chi connectivity index (χ4v) is 7.47. The molecule has 0 bridgehead atoms. The smallest absolute Gasteiger partial charge is 0.268 e. The van der Waals surface area contributed by atoms with Gasteiger partial charge in [-0.25, -0.2) is 29.6 Å². The number of halogens is 7. The van der Waals surface area contributed by atoms with Gasteiger partial charge in [0.1, 0.15) is 0 Å². The van der Waals surface area contributed by atoms with Crippen LogP contribution < -0.4 is 13.5 Å². The van der Waals surface area contributed by atoms with Crippen molar-refractivity contribution in [2.24, 2.45) is 0 Å². The normalized spacial score (nSPS) is 15.5. The number of hydrogen-bond acceptors (Lipinski definition) is 7. The zero-order valence-electron chi connectivity index (χ0n) is 10.4. The molecule has 0 unspecified atom stereocenters. The molecule has 0 saturated carbocycles. The van der Waals surface area contributed by atoms with Crippen LogP contribution in [0.15, 0.2) is 0 Å². The van der Waals surface area contributed by atoms with E-state index in [4.69, 9.17) is 0 Å². The molecule has 0 amide bonds. The highest BCUT2D eigenvalue weighted by Gasteiger charge is 2.55. The second-order valence-corrected chi connectivity index (χ2v) is 11.3. The zero-order valence-corrected chi connectivity index (χ0v) is 13.7. The van der Waals surface area contributed by atoms with Gasteiger partial charge in [0, 0.05) is 0 Å². The van der Waals surface area contributed by atoms with Gasteiger partial charge in [-0.1, -0.05) is 0 Å². The average Bonchev–Trinajstić information content (AvgIpc) is 2.22. The summed E-state index contributed by atoms with van der Waals surface area (Å²) in [6.45, 7) is 0. The number of sulfonamides is 3. The van der Waals surface area contributed by atoms with Gasteiger partial charge in [0.25, 0.3) is 0 Å². The molecule has 0 heterocycles. The fraction of sp³-hybridized carbons (Fsp3) is 1.00. The van der Waals surface area contributed by atoms with Gasteiger partial charge in [-0.15, -0.1) is 13.5 Å². The molecule has 3 N–H and O–H groups in total. The summed E-state index contributed by atoms with van der Waals surface area (Å²) >= 11 is 0. The summed E-state index contributed by atoms with van der Waals surface area (Å²) in [4.78, 5) is 0. The molecule has 0 aliphatic rings. The Morgan fingerprint density at radius 2 is 1.00 bits per heavy atom. The lowest BCUT2D eigenvalue weighted by Gasteiger charge is -2.21. The molecule has 0 aliphatic heterocycles. The van der Waals surface area contributed by atoms with Crippen molar-refractivity contribution in [3.63, 3.8) is 0 Å². The van der Waals surface area contributed by atoms with Crippen LogP contribution in [0.4, 0.5) is 30.7 Å². The molecule has 0 atom stereocenters. The monoisotopic (exact) mass is 455 g/mol. The minimum absolute atomic E-state index is 0.116. The molecule has 0 aromatic rings. The maximum atomic E-state index is 12.1. The van der Waals surface area contributed by atoms with Crippen LogP contribution in [0.1, 0.15) is 0 Å². The van der Waals surface area contributed by atoms with Crippen LogP contribution in [0.3, 0.4) is 0 Å². The van der Waals surface area contributed by atoms with Crippen molar-refractivity contribution in [1.29, 1.82) is 0 Å². The van der Waals surface area contributed by atoms with E-state index in [-0.39, 0.29) is 13.5 Å². The topological polar surface area (TPSA) is 156 Å². The van der Waals surface area contributed by atoms with E-state index in [1.165, 1.54) is 0 Å². The molecule has 0 radical (unpaired) electrons. The van der Waals surface area contributed by atoms with Crippen LogP contribution in [-0.2, 0) is 34.6 Å². The first-order valence-electron chi connectivity index (χ1n) is 4.56. The van der Waals surface area contributed by atoms with E-state index in [1.807, 2.05) is 0 Å². The van der Waals surface area contributed by atoms with Crippen LogP contribution in [0.2, 0.25) is 0 Å². The Morgan fingerprint density at radius 3 is 1.21 bits per heavy atom. The third-order valence-corrected chi connectivity index (χ3v) is 9.15. The Kier molecular flexibility index (Phi) is 6.50. The largest absolute Gasteiger partial charge is 0.511 e. The molecule has 0 aliphatic carbocycles. The second-order valence-electron chi connectivity index (χ2n) is 3.51. The van der Waals surface area contributed by atoms with E-state index >= 15 is 0 Å². The highest BCUT2D eigenvalue weighted by molar-refractivity contribution is 8.04. The summed E-state index contributed by atoms with van der Waals surface area (Å²) in [7, 11) is -25.7. The maximum Gasteiger partial charge on any atom is 0.511 e. The van der Waals surface area contributed by atoms with Gasteiger partial charge < -0.3 is 0 Å². The molecule has 0 aromatic heterocycles. The molecule has 0 saturated heterocycles. The van der Waals surface area contributed by atoms with E-state index in [0.29, 0.717) is 0 Å². The molecular formula is C3H5F7N3O7PS3. The molecule has 24 heavy (non-hydrogen) atoms. The van der Waals surface area contributed by atoms with Gasteiger partial charge in [-0.3, -0.25) is 4.57 Å². The van der Waals surface area contributed by atoms with Crippen LogP contribution in [0, 0.1) is 0 Å². The fourth-order valence-electron chi connectivity index (χ4n) is 0.718. The van der Waals surface area contributed by atoms with E-state index in [9.17, 15) is 60.6 Å². The molecule has 10 nitrogen and oxygen atoms in total. The predicted octanol–water partition coefficient (Wildman–Crippen LogP) is -0.181. The summed E-state index contributed by atoms with van der Waals surface area (Å²) in [6.07, 6.45) is 0. The van der Waals surface area contributed by atoms with Gasteiger partial charge in [0.2, 0.25) is 16.0 Å². The first-order chi connectivity index (χ1) is 10.2. The second kappa shape index (κ2) is 6.65. The molecule has 0 fully saturated rings. The summed E-state index contributed by atoms with van der Waals surface area (Å²) in [6, 6.07) is -2.58. The Balaban J connectivity index is 6.14. The zero-order chi connectivity index (χ0) is 19.8. The van der Waals surface area contributed by atoms with Crippen molar-refractivity contribution < 1.29 is 60.6 Å². The van der Waals surface area contributed by atoms with Gasteiger partial charge in [-0.2, -0.15) is 26.3 Å². The molecular weight excluding hydrogens is 450 g/mol. The molecule has 0 rings (SSSR count). The van der Waals surface area contributed by atoms with E-state index in [0.717, 1.165) is 0 Å². The van der Waals surface area contributed by atoms with Gasteiger partial charge in [-0.05, 0) is 0 Å². The molecule has 0 aromatic carbocycles. The number of rotatable bonds is 7. The SMILES string of the molecule is O=P(NS(=O)(=O)CF)(NS(=O)(=O)C(F)(F)F)NS(=O)(=O)C(F)(F)F. The summed E-state index contributed by atoms with van der Waals surface area (Å²) in [5.74, 6) is 0. The minimum Gasteiger partial charge on any atom is -0.268 e. The predicted molar refractivity (Wildman–Crippen MR) is 61.9 cm³/mol. The average molecular weight is 455 g/mol. The number of alkyl halides is 7. The van der Waals surface area contributed by atoms with Crippen molar-refractivity contribution >= 4 is 37.7 Å². The molecule has 21 heteroatoms. The highest BCUT2D eigenvalue weighted by Crippen LogP contribution is 2.40. The first-order valence-corrected chi connectivity index (χ1v) is 10.9. The summed E-state index contributed by atoms with van der Waals surface area (Å²) in [5.41, 5.74) is -12.7. The number of hydrogen-bond donors (Lipinski definition) is 3. The van der Waals surface area contributed by atoms with Crippen LogP contribution in [0.25, 0.3) is 0 Å². The van der Waals surface area contributed by atoms with Gasteiger partial charge >= 0.3 is 38.7 Å². The summed E-state index contributed by atoms with van der Waals surface area (Å²) < 4.78 is 161. The van der Waals surface area contributed by atoms with E-state index in [1.54, 1.807) is 0 Å². The van der Waals surface area contributed by atoms with Crippen molar-refractivity contribution in [3.05, 3.63) is 0 Å². The Morgan fingerprint density at radius 1 is 0.708 bits per heavy atom. The van der Waals surface area contributed by atoms with Crippen molar-refractivity contribution in [3.8, 4) is 0 Å². The lowest BCUT2D eigenvalue weighted by Crippen LogP contribution is -2.47. The molecule has 0 spiro atoms. The Hall–Kier alpha value is -0.530. The summed E-state index contributed by atoms with van der Waals surface area (Å²) in [5, 5.41) is 0.